The van der Waals surface area contributed by atoms with Gasteiger partial charge in [0.2, 0.25) is 0 Å². The van der Waals surface area contributed by atoms with Gasteiger partial charge >= 0.3 is 5.97 Å². The van der Waals surface area contributed by atoms with Gasteiger partial charge in [-0.3, -0.25) is 4.79 Å². The van der Waals surface area contributed by atoms with E-state index in [0.29, 0.717) is 0 Å². The molecule has 0 amide bonds. The van der Waals surface area contributed by atoms with E-state index in [0.717, 1.165) is 11.3 Å². The minimum Gasteiger partial charge on any atom is -0.480 e. The second-order valence-corrected chi connectivity index (χ2v) is 3.66. The van der Waals surface area contributed by atoms with Crippen LogP contribution in [0.25, 0.3) is 5.69 Å². The molecule has 3 N–H and O–H groups in total. The molecule has 0 spiro atoms. The monoisotopic (exact) mass is 232 g/mol. The number of aromatic nitrogens is 3. The molecule has 2 aromatic rings. The lowest BCUT2D eigenvalue weighted by molar-refractivity contribution is -0.138. The minimum absolute atomic E-state index is 0.290. The number of nitrogens with zero attached hydrogens (tertiary/aromatic N) is 3. The molecule has 88 valence electrons. The molecule has 1 unspecified atom stereocenters. The zero-order valence-corrected chi connectivity index (χ0v) is 9.02. The molecule has 0 aliphatic carbocycles. The number of carbonyl (C=O) groups is 1. The van der Waals surface area contributed by atoms with E-state index in [1.165, 1.54) is 6.33 Å². The van der Waals surface area contributed by atoms with Crippen molar-refractivity contribution in [1.82, 2.24) is 14.8 Å². The van der Waals surface area contributed by atoms with E-state index in [1.54, 1.807) is 11.0 Å². The number of nitrogens with two attached hydrogens (primary N) is 1. The normalized spacial score (nSPS) is 12.3. The van der Waals surface area contributed by atoms with Gasteiger partial charge in [0.15, 0.2) is 0 Å². The van der Waals surface area contributed by atoms with E-state index in [-0.39, 0.29) is 6.42 Å². The predicted octanol–water partition coefficient (Wildman–Crippen LogP) is 0.222. The lowest BCUT2D eigenvalue weighted by Gasteiger charge is -2.08. The van der Waals surface area contributed by atoms with Crippen LogP contribution in [0.5, 0.6) is 0 Å². The first-order chi connectivity index (χ1) is 8.16. The van der Waals surface area contributed by atoms with E-state index < -0.39 is 12.0 Å². The van der Waals surface area contributed by atoms with Crippen LogP contribution < -0.4 is 5.73 Å². The van der Waals surface area contributed by atoms with E-state index in [9.17, 15) is 4.79 Å². The molecule has 1 heterocycles. The van der Waals surface area contributed by atoms with Crippen LogP contribution in [-0.4, -0.2) is 31.9 Å². The third kappa shape index (κ3) is 2.67. The molecule has 0 bridgehead atoms. The van der Waals surface area contributed by atoms with Crippen molar-refractivity contribution in [2.45, 2.75) is 12.5 Å². The molecule has 0 saturated heterocycles. The van der Waals surface area contributed by atoms with Crippen LogP contribution in [0, 0.1) is 0 Å². The van der Waals surface area contributed by atoms with E-state index in [2.05, 4.69) is 10.1 Å². The van der Waals surface area contributed by atoms with Gasteiger partial charge in [-0.05, 0) is 24.1 Å². The Morgan fingerprint density at radius 2 is 2.35 bits per heavy atom. The summed E-state index contributed by atoms with van der Waals surface area (Å²) in [5.74, 6) is -1.00. The zero-order valence-electron chi connectivity index (χ0n) is 9.02. The van der Waals surface area contributed by atoms with Crippen molar-refractivity contribution in [3.63, 3.8) is 0 Å². The molecule has 0 radical (unpaired) electrons. The predicted molar refractivity (Wildman–Crippen MR) is 60.7 cm³/mol. The minimum atomic E-state index is -1.00. The number of benzene rings is 1. The van der Waals surface area contributed by atoms with Gasteiger partial charge in [-0.15, -0.1) is 0 Å². The van der Waals surface area contributed by atoms with E-state index >= 15 is 0 Å². The van der Waals surface area contributed by atoms with Gasteiger partial charge < -0.3 is 10.8 Å². The highest BCUT2D eigenvalue weighted by molar-refractivity contribution is 5.73. The van der Waals surface area contributed by atoms with Gasteiger partial charge in [0.25, 0.3) is 0 Å². The summed E-state index contributed by atoms with van der Waals surface area (Å²) in [5.41, 5.74) is 7.17. The molecular weight excluding hydrogens is 220 g/mol. The summed E-state index contributed by atoms with van der Waals surface area (Å²) in [5, 5.41) is 12.7. The maximum Gasteiger partial charge on any atom is 0.320 e. The lowest BCUT2D eigenvalue weighted by atomic mass is 10.1. The fourth-order valence-corrected chi connectivity index (χ4v) is 1.51. The van der Waals surface area contributed by atoms with Gasteiger partial charge in [0, 0.05) is 0 Å². The SMILES string of the molecule is NC(Cc1cccc(-n2cncn2)c1)C(=O)O. The van der Waals surface area contributed by atoms with Gasteiger partial charge in [0.1, 0.15) is 18.7 Å². The first-order valence-corrected chi connectivity index (χ1v) is 5.09. The van der Waals surface area contributed by atoms with Crippen molar-refractivity contribution >= 4 is 5.97 Å². The Labute approximate surface area is 97.7 Å². The van der Waals surface area contributed by atoms with Crippen LogP contribution in [0.1, 0.15) is 5.56 Å². The van der Waals surface area contributed by atoms with Crippen LogP contribution in [0.3, 0.4) is 0 Å². The van der Waals surface area contributed by atoms with Gasteiger partial charge in [0.05, 0.1) is 5.69 Å². The van der Waals surface area contributed by atoms with Crippen molar-refractivity contribution in [2.24, 2.45) is 5.73 Å². The number of hydrogen-bond donors (Lipinski definition) is 2. The molecule has 0 saturated carbocycles. The third-order valence-electron chi connectivity index (χ3n) is 2.37. The first kappa shape index (κ1) is 11.3. The second kappa shape index (κ2) is 4.75. The van der Waals surface area contributed by atoms with Crippen LogP contribution in [0.2, 0.25) is 0 Å². The second-order valence-electron chi connectivity index (χ2n) is 3.66. The lowest BCUT2D eigenvalue weighted by Crippen LogP contribution is -2.32. The summed E-state index contributed by atoms with van der Waals surface area (Å²) in [6.07, 6.45) is 3.31. The van der Waals surface area contributed by atoms with Crippen LogP contribution in [0.15, 0.2) is 36.9 Å². The van der Waals surface area contributed by atoms with Crippen molar-refractivity contribution in [2.75, 3.05) is 0 Å². The molecule has 1 atom stereocenters. The number of carboxylic acid groups (broad SMARTS) is 1. The Bertz CT molecular complexity index is 510. The van der Waals surface area contributed by atoms with Crippen molar-refractivity contribution < 1.29 is 9.90 Å². The van der Waals surface area contributed by atoms with Gasteiger partial charge in [-0.1, -0.05) is 12.1 Å². The Kier molecular flexibility index (Phi) is 3.15. The maximum atomic E-state index is 10.7. The highest BCUT2D eigenvalue weighted by atomic mass is 16.4. The van der Waals surface area contributed by atoms with Crippen molar-refractivity contribution in [1.29, 1.82) is 0 Å². The number of carboxylic acids is 1. The summed E-state index contributed by atoms with van der Waals surface area (Å²) < 4.78 is 1.61. The molecule has 0 fully saturated rings. The quantitative estimate of drug-likeness (QED) is 0.786. The molecule has 2 rings (SSSR count). The third-order valence-corrected chi connectivity index (χ3v) is 2.37. The van der Waals surface area contributed by atoms with E-state index in [4.69, 9.17) is 10.8 Å². The smallest absolute Gasteiger partial charge is 0.320 e. The highest BCUT2D eigenvalue weighted by Gasteiger charge is 2.12. The summed E-state index contributed by atoms with van der Waals surface area (Å²) in [6, 6.07) is 6.49. The van der Waals surface area contributed by atoms with Crippen LogP contribution in [0.4, 0.5) is 0 Å². The van der Waals surface area contributed by atoms with Crippen LogP contribution >= 0.6 is 0 Å². The highest BCUT2D eigenvalue weighted by Crippen LogP contribution is 2.10. The molecular formula is C11H12N4O2. The fourth-order valence-electron chi connectivity index (χ4n) is 1.51. The Morgan fingerprint density at radius 3 is 3.00 bits per heavy atom. The average Bonchev–Trinajstić information content (AvgIpc) is 2.82. The van der Waals surface area contributed by atoms with Crippen molar-refractivity contribution in [3.8, 4) is 5.69 Å². The van der Waals surface area contributed by atoms with Crippen LogP contribution in [-0.2, 0) is 11.2 Å². The summed E-state index contributed by atoms with van der Waals surface area (Å²) >= 11 is 0. The molecule has 17 heavy (non-hydrogen) atoms. The molecule has 1 aromatic carbocycles. The largest absolute Gasteiger partial charge is 0.480 e. The standard InChI is InChI=1S/C11H12N4O2/c12-10(11(16)17)5-8-2-1-3-9(4-8)15-7-13-6-14-15/h1-4,6-7,10H,5,12H2,(H,16,17). The number of rotatable bonds is 4. The summed E-state index contributed by atoms with van der Waals surface area (Å²) in [7, 11) is 0. The number of aliphatic carboxylic acids is 1. The summed E-state index contributed by atoms with van der Waals surface area (Å²) in [4.78, 5) is 14.5. The maximum absolute atomic E-state index is 10.7. The topological polar surface area (TPSA) is 94.0 Å². The molecule has 0 aliphatic rings. The fraction of sp³-hybridized carbons (Fsp3) is 0.182. The molecule has 0 aliphatic heterocycles. The average molecular weight is 232 g/mol. The Balaban J connectivity index is 2.20. The van der Waals surface area contributed by atoms with E-state index in [1.807, 2.05) is 24.3 Å². The molecule has 1 aromatic heterocycles. The molecule has 6 nitrogen and oxygen atoms in total. The first-order valence-electron chi connectivity index (χ1n) is 5.09. The molecule has 6 heteroatoms. The summed E-state index contributed by atoms with van der Waals surface area (Å²) in [6.45, 7) is 0. The number of hydrogen-bond acceptors (Lipinski definition) is 4. The van der Waals surface area contributed by atoms with Gasteiger partial charge in [-0.2, -0.15) is 5.10 Å². The van der Waals surface area contributed by atoms with Gasteiger partial charge in [-0.25, -0.2) is 9.67 Å². The Hall–Kier alpha value is -2.21. The van der Waals surface area contributed by atoms with Crippen molar-refractivity contribution in [3.05, 3.63) is 42.5 Å². The Morgan fingerprint density at radius 1 is 1.53 bits per heavy atom. The zero-order chi connectivity index (χ0) is 12.3.